The zero-order valence-corrected chi connectivity index (χ0v) is 13.4. The molecule has 0 aliphatic rings. The van der Waals surface area contributed by atoms with E-state index in [1.54, 1.807) is 0 Å². The topological polar surface area (TPSA) is 28.2 Å². The van der Waals surface area contributed by atoms with Gasteiger partial charge in [0.15, 0.2) is 0 Å². The van der Waals surface area contributed by atoms with E-state index < -0.39 is 0 Å². The average molecular weight is 283 g/mol. The van der Waals surface area contributed by atoms with Gasteiger partial charge >= 0.3 is 0 Å². The van der Waals surface area contributed by atoms with Gasteiger partial charge in [-0.05, 0) is 51.1 Å². The van der Waals surface area contributed by atoms with E-state index in [1.165, 1.54) is 16.8 Å². The molecule has 1 aromatic heterocycles. The minimum absolute atomic E-state index is 0.339. The summed E-state index contributed by atoms with van der Waals surface area (Å²) in [5.41, 5.74) is 3.68. The summed E-state index contributed by atoms with van der Waals surface area (Å²) in [6.45, 7) is 10.4. The van der Waals surface area contributed by atoms with Gasteiger partial charge in [-0.2, -0.15) is 0 Å². The third kappa shape index (κ3) is 3.82. The first-order valence-corrected chi connectivity index (χ1v) is 7.69. The monoisotopic (exact) mass is 283 g/mol. The molecule has 2 aromatic rings. The highest BCUT2D eigenvalue weighted by molar-refractivity contribution is 5.60. The van der Waals surface area contributed by atoms with Crippen LogP contribution in [0.5, 0.6) is 0 Å². The summed E-state index contributed by atoms with van der Waals surface area (Å²) in [7, 11) is 0. The van der Waals surface area contributed by atoms with Crippen molar-refractivity contribution in [2.45, 2.75) is 33.7 Å². The van der Waals surface area contributed by atoms with Crippen LogP contribution in [0.4, 0.5) is 11.5 Å². The number of pyridine rings is 1. The summed E-state index contributed by atoms with van der Waals surface area (Å²) < 4.78 is 0. The number of anilines is 2. The van der Waals surface area contributed by atoms with Crippen LogP contribution in [-0.4, -0.2) is 18.1 Å². The quantitative estimate of drug-likeness (QED) is 0.860. The van der Waals surface area contributed by atoms with E-state index >= 15 is 0 Å². The lowest BCUT2D eigenvalue weighted by Crippen LogP contribution is -2.19. The maximum Gasteiger partial charge on any atom is 0.132 e. The fourth-order valence-electron chi connectivity index (χ4n) is 2.44. The van der Waals surface area contributed by atoms with E-state index in [4.69, 9.17) is 0 Å². The maximum atomic E-state index is 4.64. The highest BCUT2D eigenvalue weighted by Crippen LogP contribution is 2.24. The molecular formula is C18H25N3. The van der Waals surface area contributed by atoms with Crippen LogP contribution in [0.1, 0.15) is 37.9 Å². The fourth-order valence-corrected chi connectivity index (χ4v) is 2.44. The Hall–Kier alpha value is -1.87. The molecule has 0 bridgehead atoms. The molecule has 0 fully saturated rings. The molecule has 2 rings (SSSR count). The number of aryl methyl sites for hydroxylation is 1. The third-order valence-corrected chi connectivity index (χ3v) is 3.72. The van der Waals surface area contributed by atoms with E-state index in [2.05, 4.69) is 79.3 Å². The Morgan fingerprint density at radius 1 is 1.10 bits per heavy atom. The molecule has 112 valence electrons. The van der Waals surface area contributed by atoms with Crippen LogP contribution >= 0.6 is 0 Å². The Morgan fingerprint density at radius 2 is 1.81 bits per heavy atom. The molecule has 0 spiro atoms. The smallest absolute Gasteiger partial charge is 0.132 e. The van der Waals surface area contributed by atoms with Gasteiger partial charge in [-0.25, -0.2) is 4.98 Å². The van der Waals surface area contributed by atoms with Crippen LogP contribution < -0.4 is 10.2 Å². The molecule has 1 N–H and O–H groups in total. The molecule has 0 radical (unpaired) electrons. The molecule has 1 aromatic carbocycles. The summed E-state index contributed by atoms with van der Waals surface area (Å²) in [5.74, 6) is 0.994. The van der Waals surface area contributed by atoms with Crippen molar-refractivity contribution in [1.82, 2.24) is 10.3 Å². The van der Waals surface area contributed by atoms with Crippen molar-refractivity contribution in [3.05, 3.63) is 53.7 Å². The number of nitrogens with zero attached hydrogens (tertiary/aromatic N) is 2. The van der Waals surface area contributed by atoms with Crippen molar-refractivity contribution >= 4 is 11.5 Å². The Labute approximate surface area is 128 Å². The fraction of sp³-hybridized carbons (Fsp3) is 0.389. The van der Waals surface area contributed by atoms with Crippen LogP contribution in [0.3, 0.4) is 0 Å². The highest BCUT2D eigenvalue weighted by atomic mass is 15.2. The minimum atomic E-state index is 0.339. The van der Waals surface area contributed by atoms with Gasteiger partial charge in [0, 0.05) is 24.5 Å². The molecule has 1 unspecified atom stereocenters. The van der Waals surface area contributed by atoms with Gasteiger partial charge in [0.1, 0.15) is 5.82 Å². The van der Waals surface area contributed by atoms with E-state index in [9.17, 15) is 0 Å². The first-order chi connectivity index (χ1) is 10.2. The van der Waals surface area contributed by atoms with Crippen LogP contribution in [0.15, 0.2) is 42.6 Å². The molecule has 0 aliphatic heterocycles. The summed E-state index contributed by atoms with van der Waals surface area (Å²) in [6, 6.07) is 13.2. The average Bonchev–Trinajstić information content (AvgIpc) is 2.51. The largest absolute Gasteiger partial charge is 0.327 e. The van der Waals surface area contributed by atoms with Gasteiger partial charge < -0.3 is 10.2 Å². The Bertz CT molecular complexity index is 546. The second-order valence-corrected chi connectivity index (χ2v) is 5.31. The molecule has 3 nitrogen and oxygen atoms in total. The van der Waals surface area contributed by atoms with Gasteiger partial charge in [0.2, 0.25) is 0 Å². The predicted molar refractivity (Wildman–Crippen MR) is 90.2 cm³/mol. The predicted octanol–water partition coefficient (Wildman–Crippen LogP) is 4.22. The number of aromatic nitrogens is 1. The molecular weight excluding hydrogens is 258 g/mol. The van der Waals surface area contributed by atoms with Crippen molar-refractivity contribution in [3.8, 4) is 0 Å². The molecule has 0 saturated carbocycles. The molecule has 0 aliphatic carbocycles. The second-order valence-electron chi connectivity index (χ2n) is 5.31. The number of rotatable bonds is 6. The summed E-state index contributed by atoms with van der Waals surface area (Å²) in [4.78, 5) is 6.86. The number of hydrogen-bond donors (Lipinski definition) is 1. The van der Waals surface area contributed by atoms with Crippen molar-refractivity contribution in [2.75, 3.05) is 18.0 Å². The van der Waals surface area contributed by atoms with Crippen LogP contribution in [-0.2, 0) is 0 Å². The SMILES string of the molecule is CCNC(C)c1ccc(N(CC)c2ccc(C)cc2)nc1. The van der Waals surface area contributed by atoms with Crippen LogP contribution in [0.25, 0.3) is 0 Å². The molecule has 21 heavy (non-hydrogen) atoms. The van der Waals surface area contributed by atoms with Gasteiger partial charge in [0.05, 0.1) is 0 Å². The summed E-state index contributed by atoms with van der Waals surface area (Å²) in [6.07, 6.45) is 1.97. The van der Waals surface area contributed by atoms with E-state index in [0.29, 0.717) is 6.04 Å². The van der Waals surface area contributed by atoms with E-state index in [0.717, 1.165) is 18.9 Å². The number of hydrogen-bond acceptors (Lipinski definition) is 3. The lowest BCUT2D eigenvalue weighted by Gasteiger charge is -2.23. The number of nitrogens with one attached hydrogen (secondary N) is 1. The summed E-state index contributed by atoms with van der Waals surface area (Å²) >= 11 is 0. The first kappa shape index (κ1) is 15.5. The molecule has 3 heteroatoms. The highest BCUT2D eigenvalue weighted by Gasteiger charge is 2.10. The Balaban J connectivity index is 2.21. The van der Waals surface area contributed by atoms with Crippen molar-refractivity contribution < 1.29 is 0 Å². The Kier molecular flexibility index (Phi) is 5.34. The van der Waals surface area contributed by atoms with Crippen molar-refractivity contribution in [3.63, 3.8) is 0 Å². The molecule has 0 saturated heterocycles. The van der Waals surface area contributed by atoms with Crippen molar-refractivity contribution in [2.24, 2.45) is 0 Å². The van der Waals surface area contributed by atoms with Crippen LogP contribution in [0, 0.1) is 6.92 Å². The van der Waals surface area contributed by atoms with E-state index in [-0.39, 0.29) is 0 Å². The molecule has 1 heterocycles. The standard InChI is InChI=1S/C18H25N3/c1-5-19-15(4)16-9-12-18(20-13-16)21(6-2)17-10-7-14(3)8-11-17/h7-13,15,19H,5-6H2,1-4H3. The Morgan fingerprint density at radius 3 is 2.33 bits per heavy atom. The summed E-state index contributed by atoms with van der Waals surface area (Å²) in [5, 5.41) is 3.41. The number of benzene rings is 1. The lowest BCUT2D eigenvalue weighted by molar-refractivity contribution is 0.596. The van der Waals surface area contributed by atoms with Crippen molar-refractivity contribution in [1.29, 1.82) is 0 Å². The van der Waals surface area contributed by atoms with Crippen LogP contribution in [0.2, 0.25) is 0 Å². The first-order valence-electron chi connectivity index (χ1n) is 7.69. The lowest BCUT2D eigenvalue weighted by atomic mass is 10.1. The normalized spacial score (nSPS) is 12.2. The third-order valence-electron chi connectivity index (χ3n) is 3.72. The molecule has 1 atom stereocenters. The van der Waals surface area contributed by atoms with E-state index in [1.807, 2.05) is 6.20 Å². The maximum absolute atomic E-state index is 4.64. The van der Waals surface area contributed by atoms with Gasteiger partial charge in [-0.1, -0.05) is 30.7 Å². The minimum Gasteiger partial charge on any atom is -0.327 e. The second kappa shape index (κ2) is 7.23. The zero-order chi connectivity index (χ0) is 15.2. The molecule has 0 amide bonds. The van der Waals surface area contributed by atoms with Gasteiger partial charge in [-0.3, -0.25) is 0 Å². The van der Waals surface area contributed by atoms with Gasteiger partial charge in [-0.15, -0.1) is 0 Å². The van der Waals surface area contributed by atoms with Gasteiger partial charge in [0.25, 0.3) is 0 Å². The zero-order valence-electron chi connectivity index (χ0n) is 13.4.